The van der Waals surface area contributed by atoms with Gasteiger partial charge < -0.3 is 10.1 Å². The first-order valence-corrected chi connectivity index (χ1v) is 7.39. The molecule has 0 aliphatic carbocycles. The number of hydrogen-bond acceptors (Lipinski definition) is 3. The van der Waals surface area contributed by atoms with Gasteiger partial charge in [0.15, 0.2) is 0 Å². The van der Waals surface area contributed by atoms with Gasteiger partial charge in [-0.1, -0.05) is 25.1 Å². The van der Waals surface area contributed by atoms with E-state index in [1.165, 1.54) is 15.0 Å². The summed E-state index contributed by atoms with van der Waals surface area (Å²) >= 11 is 1.85. The molecule has 0 bridgehead atoms. The molecule has 2 nitrogen and oxygen atoms in total. The molecule has 2 aromatic rings. The number of ether oxygens (including phenoxy) is 1. The maximum atomic E-state index is 6.05. The number of hydrogen-bond donors (Lipinski definition) is 1. The molecule has 2 heterocycles. The Hall–Kier alpha value is -0.900. The van der Waals surface area contributed by atoms with Crippen LogP contribution in [0.1, 0.15) is 24.8 Å². The van der Waals surface area contributed by atoms with Crippen LogP contribution in [0.5, 0.6) is 0 Å². The van der Waals surface area contributed by atoms with E-state index in [2.05, 4.69) is 49.5 Å². The molecule has 3 rings (SSSR count). The zero-order chi connectivity index (χ0) is 12.5. The van der Waals surface area contributed by atoms with Crippen molar-refractivity contribution in [2.75, 3.05) is 13.2 Å². The fourth-order valence-corrected chi connectivity index (χ4v) is 3.42. The summed E-state index contributed by atoms with van der Waals surface area (Å²) in [6.45, 7) is 6.23. The van der Waals surface area contributed by atoms with Crippen molar-refractivity contribution in [3.63, 3.8) is 0 Å². The minimum absolute atomic E-state index is 0.204. The third kappa shape index (κ3) is 2.30. The van der Waals surface area contributed by atoms with Gasteiger partial charge in [0.05, 0.1) is 6.61 Å². The van der Waals surface area contributed by atoms with E-state index in [4.69, 9.17) is 4.74 Å². The molecule has 96 valence electrons. The Labute approximate surface area is 112 Å². The molecule has 3 atom stereocenters. The summed E-state index contributed by atoms with van der Waals surface area (Å²) in [4.78, 5) is 1.34. The quantitative estimate of drug-likeness (QED) is 0.847. The van der Waals surface area contributed by atoms with Crippen molar-refractivity contribution in [2.24, 2.45) is 5.92 Å². The minimum atomic E-state index is 0.204. The molecule has 1 aliphatic heterocycles. The van der Waals surface area contributed by atoms with Crippen LogP contribution in [-0.4, -0.2) is 19.2 Å². The van der Waals surface area contributed by atoms with Gasteiger partial charge >= 0.3 is 0 Å². The van der Waals surface area contributed by atoms with E-state index in [9.17, 15) is 0 Å². The first-order chi connectivity index (χ1) is 8.74. The molecule has 18 heavy (non-hydrogen) atoms. The largest absolute Gasteiger partial charge is 0.371 e. The van der Waals surface area contributed by atoms with Crippen LogP contribution in [0.15, 0.2) is 30.3 Å². The fourth-order valence-electron chi connectivity index (χ4n) is 2.31. The number of benzene rings is 1. The smallest absolute Gasteiger partial charge is 0.104 e. The summed E-state index contributed by atoms with van der Waals surface area (Å²) in [7, 11) is 0. The first kappa shape index (κ1) is 12.2. The molecular weight excluding hydrogens is 242 g/mol. The summed E-state index contributed by atoms with van der Waals surface area (Å²) in [5.74, 6) is 0.573. The lowest BCUT2D eigenvalue weighted by molar-refractivity contribution is 0.0519. The second kappa shape index (κ2) is 5.00. The molecule has 1 aromatic heterocycles. The predicted molar refractivity (Wildman–Crippen MR) is 77.1 cm³/mol. The maximum Gasteiger partial charge on any atom is 0.104 e. The summed E-state index contributed by atoms with van der Waals surface area (Å²) in [5.41, 5.74) is 0. The van der Waals surface area contributed by atoms with Gasteiger partial charge in [-0.3, -0.25) is 0 Å². The Morgan fingerprint density at radius 3 is 2.94 bits per heavy atom. The van der Waals surface area contributed by atoms with Crippen LogP contribution in [0.4, 0.5) is 0 Å². The van der Waals surface area contributed by atoms with E-state index in [0.29, 0.717) is 12.0 Å². The SMILES string of the molecule is CC1COC(c2cc3ccccc3s2)CNC1C. The van der Waals surface area contributed by atoms with Crippen LogP contribution in [-0.2, 0) is 4.74 Å². The lowest BCUT2D eigenvalue weighted by Crippen LogP contribution is -2.32. The van der Waals surface area contributed by atoms with Gasteiger partial charge in [0.2, 0.25) is 0 Å². The average Bonchev–Trinajstić information content (AvgIpc) is 2.74. The molecule has 0 amide bonds. The Morgan fingerprint density at radius 1 is 1.28 bits per heavy atom. The number of fused-ring (bicyclic) bond motifs is 1. The minimum Gasteiger partial charge on any atom is -0.371 e. The summed E-state index contributed by atoms with van der Waals surface area (Å²) < 4.78 is 7.40. The first-order valence-electron chi connectivity index (χ1n) is 6.57. The average molecular weight is 261 g/mol. The Bertz CT molecular complexity index is 491. The van der Waals surface area contributed by atoms with Crippen molar-refractivity contribution in [1.29, 1.82) is 0 Å². The van der Waals surface area contributed by atoms with E-state index in [-0.39, 0.29) is 6.10 Å². The molecular formula is C15H19NOS. The Morgan fingerprint density at radius 2 is 2.11 bits per heavy atom. The number of rotatable bonds is 1. The highest BCUT2D eigenvalue weighted by Crippen LogP contribution is 2.32. The zero-order valence-electron chi connectivity index (χ0n) is 10.8. The van der Waals surface area contributed by atoms with Crippen LogP contribution in [0, 0.1) is 5.92 Å². The highest BCUT2D eigenvalue weighted by molar-refractivity contribution is 7.19. The van der Waals surface area contributed by atoms with Gasteiger partial charge in [0.1, 0.15) is 6.10 Å². The number of nitrogens with one attached hydrogen (secondary N) is 1. The van der Waals surface area contributed by atoms with Gasteiger partial charge in [-0.15, -0.1) is 11.3 Å². The third-order valence-electron chi connectivity index (χ3n) is 3.80. The van der Waals surface area contributed by atoms with Gasteiger partial charge in [-0.25, -0.2) is 0 Å². The van der Waals surface area contributed by atoms with Gasteiger partial charge in [-0.2, -0.15) is 0 Å². The monoisotopic (exact) mass is 261 g/mol. The summed E-state index contributed by atoms with van der Waals surface area (Å²) in [6.07, 6.45) is 0.204. The molecule has 0 radical (unpaired) electrons. The van der Waals surface area contributed by atoms with Gasteiger partial charge in [-0.05, 0) is 30.4 Å². The third-order valence-corrected chi connectivity index (χ3v) is 5.01. The molecule has 1 aromatic carbocycles. The van der Waals surface area contributed by atoms with Crippen molar-refractivity contribution in [1.82, 2.24) is 5.32 Å². The molecule has 1 N–H and O–H groups in total. The van der Waals surface area contributed by atoms with Gasteiger partial charge in [0.25, 0.3) is 0 Å². The molecule has 1 saturated heterocycles. The van der Waals surface area contributed by atoms with Crippen molar-refractivity contribution < 1.29 is 4.74 Å². The van der Waals surface area contributed by atoms with Crippen molar-refractivity contribution in [3.05, 3.63) is 35.2 Å². The Kier molecular flexibility index (Phi) is 3.37. The van der Waals surface area contributed by atoms with E-state index in [1.54, 1.807) is 0 Å². The lowest BCUT2D eigenvalue weighted by atomic mass is 10.1. The van der Waals surface area contributed by atoms with E-state index in [0.717, 1.165) is 13.2 Å². The molecule has 1 aliphatic rings. The second-order valence-corrected chi connectivity index (χ2v) is 6.30. The van der Waals surface area contributed by atoms with Crippen LogP contribution in [0.2, 0.25) is 0 Å². The van der Waals surface area contributed by atoms with Crippen molar-refractivity contribution in [3.8, 4) is 0 Å². The molecule has 0 saturated carbocycles. The van der Waals surface area contributed by atoms with E-state index in [1.807, 2.05) is 11.3 Å². The fraction of sp³-hybridized carbons (Fsp3) is 0.467. The van der Waals surface area contributed by atoms with Crippen LogP contribution in [0.25, 0.3) is 10.1 Å². The van der Waals surface area contributed by atoms with Crippen molar-refractivity contribution in [2.45, 2.75) is 26.0 Å². The zero-order valence-corrected chi connectivity index (χ0v) is 11.7. The summed E-state index contributed by atoms with van der Waals surface area (Å²) in [5, 5.41) is 4.89. The van der Waals surface area contributed by atoms with Crippen molar-refractivity contribution >= 4 is 21.4 Å². The second-order valence-electron chi connectivity index (χ2n) is 5.18. The predicted octanol–water partition coefficient (Wildman–Crippen LogP) is 3.59. The van der Waals surface area contributed by atoms with E-state index >= 15 is 0 Å². The van der Waals surface area contributed by atoms with Crippen LogP contribution in [0.3, 0.4) is 0 Å². The highest BCUT2D eigenvalue weighted by Gasteiger charge is 2.23. The maximum absolute atomic E-state index is 6.05. The topological polar surface area (TPSA) is 21.3 Å². The van der Waals surface area contributed by atoms with E-state index < -0.39 is 0 Å². The lowest BCUT2D eigenvalue weighted by Gasteiger charge is -2.15. The van der Waals surface area contributed by atoms with Crippen LogP contribution >= 0.6 is 11.3 Å². The molecule has 0 spiro atoms. The normalized spacial score (nSPS) is 29.3. The molecule has 3 unspecified atom stereocenters. The molecule has 3 heteroatoms. The standard InChI is InChI=1S/C15H19NOS/c1-10-9-17-13(8-16-11(10)2)15-7-12-5-3-4-6-14(12)18-15/h3-7,10-11,13,16H,8-9H2,1-2H3. The number of thiophene rings is 1. The summed E-state index contributed by atoms with van der Waals surface area (Å²) in [6, 6.07) is 11.3. The Balaban J connectivity index is 1.85. The van der Waals surface area contributed by atoms with Crippen LogP contribution < -0.4 is 5.32 Å². The van der Waals surface area contributed by atoms with Gasteiger partial charge in [0, 0.05) is 22.2 Å². The molecule has 1 fully saturated rings. The highest BCUT2D eigenvalue weighted by atomic mass is 32.1.